The lowest BCUT2D eigenvalue weighted by Crippen LogP contribution is -2.43. The summed E-state index contributed by atoms with van der Waals surface area (Å²) in [5, 5.41) is 14.4. The third kappa shape index (κ3) is 7.58. The Labute approximate surface area is 279 Å². The van der Waals surface area contributed by atoms with Crippen molar-refractivity contribution in [3.05, 3.63) is 104 Å². The number of aromatic nitrogens is 3. The van der Waals surface area contributed by atoms with Crippen molar-refractivity contribution in [2.24, 2.45) is 5.92 Å². The van der Waals surface area contributed by atoms with Crippen LogP contribution in [0.3, 0.4) is 0 Å². The van der Waals surface area contributed by atoms with Crippen LogP contribution in [0.4, 0.5) is 0 Å². The second kappa shape index (κ2) is 14.3. The van der Waals surface area contributed by atoms with Gasteiger partial charge in [-0.05, 0) is 36.5 Å². The lowest BCUT2D eigenvalue weighted by atomic mass is 10.0. The predicted octanol–water partition coefficient (Wildman–Crippen LogP) is 4.88. The van der Waals surface area contributed by atoms with E-state index in [-0.39, 0.29) is 60.6 Å². The summed E-state index contributed by atoms with van der Waals surface area (Å²) < 4.78 is 0. The first-order valence-electron chi connectivity index (χ1n) is 15.5. The van der Waals surface area contributed by atoms with Crippen molar-refractivity contribution in [3.63, 3.8) is 0 Å². The number of amides is 4. The maximum atomic E-state index is 13.8. The van der Waals surface area contributed by atoms with Gasteiger partial charge in [0.1, 0.15) is 27.1 Å². The first kappa shape index (κ1) is 32.1. The van der Waals surface area contributed by atoms with Crippen molar-refractivity contribution < 1.29 is 19.2 Å². The van der Waals surface area contributed by atoms with Gasteiger partial charge in [-0.15, -0.1) is 22.7 Å². The molecule has 1 aliphatic heterocycles. The van der Waals surface area contributed by atoms with Crippen LogP contribution < -0.4 is 16.0 Å². The number of aromatic amines is 1. The van der Waals surface area contributed by atoms with E-state index in [2.05, 4.69) is 30.9 Å². The third-order valence-corrected chi connectivity index (χ3v) is 9.80. The van der Waals surface area contributed by atoms with E-state index in [9.17, 15) is 19.2 Å². The van der Waals surface area contributed by atoms with E-state index in [1.54, 1.807) is 16.8 Å². The molecule has 13 heteroatoms. The van der Waals surface area contributed by atoms with Gasteiger partial charge in [0.05, 0.1) is 18.6 Å². The number of hydrogen-bond donors (Lipinski definition) is 4. The molecule has 2 aromatic carbocycles. The van der Waals surface area contributed by atoms with Gasteiger partial charge in [0.15, 0.2) is 0 Å². The molecule has 0 radical (unpaired) electrons. The lowest BCUT2D eigenvalue weighted by molar-refractivity contribution is -0.122. The van der Waals surface area contributed by atoms with Crippen LogP contribution in [0, 0.1) is 5.92 Å². The van der Waals surface area contributed by atoms with Crippen LogP contribution in [0.5, 0.6) is 0 Å². The molecule has 0 unspecified atom stereocenters. The zero-order valence-corrected chi connectivity index (χ0v) is 27.6. The lowest BCUT2D eigenvalue weighted by Gasteiger charge is -2.24. The summed E-state index contributed by atoms with van der Waals surface area (Å²) >= 11 is 2.61. The molecule has 0 saturated carbocycles. The van der Waals surface area contributed by atoms with Crippen LogP contribution in [0.15, 0.2) is 71.4 Å². The molecule has 0 saturated heterocycles. The number of nitrogens with one attached hydrogen (secondary N) is 4. The highest BCUT2D eigenvalue weighted by molar-refractivity contribution is 7.10. The Hall–Kier alpha value is -4.88. The zero-order chi connectivity index (χ0) is 32.9. The summed E-state index contributed by atoms with van der Waals surface area (Å²) in [6.07, 6.45) is 0.857. The van der Waals surface area contributed by atoms with Crippen LogP contribution >= 0.6 is 22.7 Å². The van der Waals surface area contributed by atoms with Gasteiger partial charge in [0.2, 0.25) is 5.91 Å². The summed E-state index contributed by atoms with van der Waals surface area (Å²) in [6, 6.07) is 18.1. The number of rotatable bonds is 4. The summed E-state index contributed by atoms with van der Waals surface area (Å²) in [4.78, 5) is 67.7. The molecular weight excluding hydrogens is 635 g/mol. The summed E-state index contributed by atoms with van der Waals surface area (Å²) in [6.45, 7) is 4.23. The summed E-state index contributed by atoms with van der Waals surface area (Å²) in [5.41, 5.74) is 2.66. The largest absolute Gasteiger partial charge is 0.351 e. The highest BCUT2D eigenvalue weighted by Gasteiger charge is 2.28. The van der Waals surface area contributed by atoms with Gasteiger partial charge in [-0.25, -0.2) is 9.97 Å². The second-order valence-corrected chi connectivity index (χ2v) is 13.5. The van der Waals surface area contributed by atoms with E-state index in [0.717, 1.165) is 16.5 Å². The monoisotopic (exact) mass is 669 g/mol. The topological polar surface area (TPSA) is 149 Å². The number of fused-ring (bicyclic) bond motifs is 5. The fourth-order valence-electron chi connectivity index (χ4n) is 5.45. The summed E-state index contributed by atoms with van der Waals surface area (Å²) in [7, 11) is 0. The molecule has 4 amide bonds. The zero-order valence-electron chi connectivity index (χ0n) is 26.0. The van der Waals surface area contributed by atoms with Crippen molar-refractivity contribution in [2.45, 2.75) is 38.8 Å². The molecule has 5 aromatic rings. The normalized spacial score (nSPS) is 18.2. The number of carbonyl (C=O) groups excluding carboxylic acids is 4. The van der Waals surface area contributed by atoms with Gasteiger partial charge in [-0.2, -0.15) is 0 Å². The van der Waals surface area contributed by atoms with E-state index in [4.69, 9.17) is 0 Å². The molecule has 1 aliphatic rings. The molecule has 0 fully saturated rings. The SMILES string of the molecule is CC(C)[C@@H]1NC(=O)c2csc(n2)[C@H](Cc2ccccc2)NC(=O)CN(C(=O)c2cc3ccccc3[nH]2)CCCNC(=O)c2csc1n2. The number of carbonyl (C=O) groups is 4. The Bertz CT molecular complexity index is 1860. The standard InChI is InChI=1S/C34H35N7O4S2/c1-20(2)29-33-39-26(18-47-33)30(43)35-13-8-14-41(34(45)25-16-22-11-6-7-12-23(22)36-25)17-28(42)37-24(15-21-9-4-3-5-10-21)32-38-27(19-46-32)31(44)40-29/h3-7,9-12,16,18-20,24,29,36H,8,13-15,17H2,1-2H3,(H,35,43)(H,37,42)(H,40,44)/t24-,29-/m0/s1. The minimum atomic E-state index is -0.537. The van der Waals surface area contributed by atoms with Crippen LogP contribution in [-0.4, -0.2) is 63.1 Å². The molecular formula is C34H35N7O4S2. The third-order valence-electron chi connectivity index (χ3n) is 7.92. The van der Waals surface area contributed by atoms with E-state index in [0.29, 0.717) is 28.6 Å². The number of benzene rings is 2. The molecule has 6 rings (SSSR count). The Balaban J connectivity index is 1.32. The Kier molecular flexibility index (Phi) is 9.73. The number of thiazole rings is 2. The molecule has 11 nitrogen and oxygen atoms in total. The molecule has 0 aliphatic carbocycles. The smallest absolute Gasteiger partial charge is 0.271 e. The fraction of sp³-hybridized carbons (Fsp3) is 0.294. The number of H-pyrrole nitrogens is 1. The van der Waals surface area contributed by atoms with E-state index in [1.165, 1.54) is 27.6 Å². The minimum absolute atomic E-state index is 0.000808. The molecule has 4 heterocycles. The van der Waals surface area contributed by atoms with E-state index >= 15 is 0 Å². The molecule has 4 N–H and O–H groups in total. The van der Waals surface area contributed by atoms with Crippen molar-refractivity contribution in [2.75, 3.05) is 19.6 Å². The van der Waals surface area contributed by atoms with Crippen LogP contribution in [0.2, 0.25) is 0 Å². The average molecular weight is 670 g/mol. The summed E-state index contributed by atoms with van der Waals surface area (Å²) in [5.74, 6) is -1.42. The fourth-order valence-corrected chi connectivity index (χ4v) is 7.32. The maximum absolute atomic E-state index is 13.8. The molecule has 0 spiro atoms. The van der Waals surface area contributed by atoms with Crippen molar-refractivity contribution in [1.82, 2.24) is 35.8 Å². The number of nitrogens with zero attached hydrogens (tertiary/aromatic N) is 3. The second-order valence-electron chi connectivity index (χ2n) is 11.8. The first-order valence-corrected chi connectivity index (χ1v) is 17.2. The highest BCUT2D eigenvalue weighted by atomic mass is 32.1. The molecule has 2 atom stereocenters. The van der Waals surface area contributed by atoms with Gasteiger partial charge in [-0.3, -0.25) is 19.2 Å². The van der Waals surface area contributed by atoms with Gasteiger partial charge < -0.3 is 25.8 Å². The highest BCUT2D eigenvalue weighted by Crippen LogP contribution is 2.27. The number of para-hydroxylation sites is 1. The molecule has 242 valence electrons. The van der Waals surface area contributed by atoms with Crippen molar-refractivity contribution >= 4 is 57.2 Å². The Morgan fingerprint density at radius 2 is 1.62 bits per heavy atom. The maximum Gasteiger partial charge on any atom is 0.271 e. The molecule has 4 bridgehead atoms. The number of hydrogen-bond acceptors (Lipinski definition) is 8. The van der Waals surface area contributed by atoms with Crippen molar-refractivity contribution in [3.8, 4) is 0 Å². The van der Waals surface area contributed by atoms with Gasteiger partial charge in [0.25, 0.3) is 17.7 Å². The van der Waals surface area contributed by atoms with Crippen molar-refractivity contribution in [1.29, 1.82) is 0 Å². The van der Waals surface area contributed by atoms with E-state index in [1.807, 2.05) is 68.4 Å². The minimum Gasteiger partial charge on any atom is -0.351 e. The van der Waals surface area contributed by atoms with Gasteiger partial charge >= 0.3 is 0 Å². The van der Waals surface area contributed by atoms with Gasteiger partial charge in [0, 0.05) is 34.8 Å². The first-order chi connectivity index (χ1) is 22.7. The van der Waals surface area contributed by atoms with Gasteiger partial charge in [-0.1, -0.05) is 62.4 Å². The quantitative estimate of drug-likeness (QED) is 0.214. The molecule has 47 heavy (non-hydrogen) atoms. The van der Waals surface area contributed by atoms with Crippen LogP contribution in [0.1, 0.15) is 79.4 Å². The Morgan fingerprint density at radius 3 is 2.38 bits per heavy atom. The van der Waals surface area contributed by atoms with Crippen LogP contribution in [0.25, 0.3) is 10.9 Å². The molecule has 3 aromatic heterocycles. The predicted molar refractivity (Wildman–Crippen MR) is 181 cm³/mol. The average Bonchev–Trinajstić information content (AvgIpc) is 3.84. The van der Waals surface area contributed by atoms with Crippen LogP contribution in [-0.2, 0) is 11.2 Å². The van der Waals surface area contributed by atoms with E-state index < -0.39 is 12.1 Å². The Morgan fingerprint density at radius 1 is 0.915 bits per heavy atom.